The van der Waals surface area contributed by atoms with Gasteiger partial charge in [-0.2, -0.15) is 10.5 Å². The number of H-pyrrole nitrogens is 1. The van der Waals surface area contributed by atoms with Crippen molar-refractivity contribution in [1.82, 2.24) is 14.5 Å². The minimum Gasteiger partial charge on any atom is -0.360 e. The lowest BCUT2D eigenvalue weighted by Crippen LogP contribution is -2.44. The second kappa shape index (κ2) is 12.0. The van der Waals surface area contributed by atoms with Gasteiger partial charge in [-0.05, 0) is 99.9 Å². The minimum absolute atomic E-state index is 0.339. The Labute approximate surface area is 245 Å². The molecule has 1 N–H and O–H groups in total. The van der Waals surface area contributed by atoms with Crippen molar-refractivity contribution in [3.8, 4) is 12.3 Å². The van der Waals surface area contributed by atoms with Crippen molar-refractivity contribution in [3.63, 3.8) is 0 Å². The Kier molecular flexibility index (Phi) is 8.66. The number of hydrogen-bond donors (Lipinski definition) is 1. The number of nitrogens with zero attached hydrogens (tertiary/aromatic N) is 6. The van der Waals surface area contributed by atoms with Gasteiger partial charge in [0.05, 0.1) is 38.3 Å². The average molecular weight is 645 g/mol. The average Bonchev–Trinajstić information content (AvgIpc) is 3.39. The smallest absolute Gasteiger partial charge is 0.190 e. The largest absolute Gasteiger partial charge is 0.360 e. The Bertz CT molecular complexity index is 1690. The van der Waals surface area contributed by atoms with Crippen molar-refractivity contribution >= 4 is 65.0 Å². The van der Waals surface area contributed by atoms with Gasteiger partial charge in [0.15, 0.2) is 17.6 Å². The molecule has 0 amide bonds. The Balaban J connectivity index is 0.000000152. The number of aryl methyl sites for hydroxylation is 2. The summed E-state index contributed by atoms with van der Waals surface area (Å²) < 4.78 is 4.21. The van der Waals surface area contributed by atoms with Crippen molar-refractivity contribution in [2.24, 2.45) is 11.8 Å². The third-order valence-electron chi connectivity index (χ3n) is 7.24. The molecular formula is C30H27Br2N7. The minimum atomic E-state index is 0.339. The zero-order valence-electron chi connectivity index (χ0n) is 22.0. The monoisotopic (exact) mass is 643 g/mol. The molecule has 2 aromatic carbocycles. The zero-order chi connectivity index (χ0) is 28.3. The van der Waals surface area contributed by atoms with E-state index < -0.39 is 0 Å². The topological polar surface area (TPSA) is 80.3 Å². The first-order valence-corrected chi connectivity index (χ1v) is 14.1. The van der Waals surface area contributed by atoms with Crippen LogP contribution < -0.4 is 0 Å². The van der Waals surface area contributed by atoms with E-state index in [0.29, 0.717) is 23.3 Å². The quantitative estimate of drug-likeness (QED) is 0.166. The van der Waals surface area contributed by atoms with Crippen LogP contribution in [0.2, 0.25) is 0 Å². The van der Waals surface area contributed by atoms with Gasteiger partial charge in [0.1, 0.15) is 0 Å². The second-order valence-corrected chi connectivity index (χ2v) is 11.9. The fraction of sp³-hybridized carbons (Fsp3) is 0.333. The molecule has 0 bridgehead atoms. The van der Waals surface area contributed by atoms with E-state index in [0.717, 1.165) is 73.7 Å². The molecule has 0 spiro atoms. The molecule has 39 heavy (non-hydrogen) atoms. The van der Waals surface area contributed by atoms with Crippen LogP contribution in [0.3, 0.4) is 0 Å². The summed E-state index contributed by atoms with van der Waals surface area (Å²) in [6.45, 7) is 21.8. The van der Waals surface area contributed by atoms with E-state index >= 15 is 0 Å². The first-order valence-electron chi connectivity index (χ1n) is 12.6. The molecule has 2 aliphatic rings. The first kappa shape index (κ1) is 28.3. The maximum absolute atomic E-state index is 8.81. The van der Waals surface area contributed by atoms with Gasteiger partial charge in [-0.15, -0.1) is 0 Å². The summed E-state index contributed by atoms with van der Waals surface area (Å²) in [4.78, 5) is 11.9. The number of halogens is 2. The molecule has 7 nitrogen and oxygen atoms in total. The molecule has 1 aliphatic heterocycles. The van der Waals surface area contributed by atoms with Crippen LogP contribution in [0.5, 0.6) is 0 Å². The van der Waals surface area contributed by atoms with Crippen LogP contribution in [0.25, 0.3) is 31.5 Å². The van der Waals surface area contributed by atoms with Gasteiger partial charge >= 0.3 is 0 Å². The Hall–Kier alpha value is -3.76. The standard InChI is InChI=1S/C14H11BrN4.C10H7BrN2.C6H9N/c1-9-3-14-11(4-13(9)17-2)12(15)7-19(14)10-5-18(6-10)8-16;1-6-3-10-7(4-9(6)12-2)8(11)5-13-10;1-5-2-6(3-5)4-7/h3-4,7,10H,5-6H2,1H3;3-5,13H,1H3;5-6H,2-3H2,1H3. The highest BCUT2D eigenvalue weighted by molar-refractivity contribution is 9.11. The van der Waals surface area contributed by atoms with Crippen LogP contribution in [0.1, 0.15) is 36.9 Å². The predicted molar refractivity (Wildman–Crippen MR) is 161 cm³/mol. The van der Waals surface area contributed by atoms with Gasteiger partial charge in [0, 0.05) is 49.1 Å². The highest BCUT2D eigenvalue weighted by Crippen LogP contribution is 2.36. The number of aromatic nitrogens is 2. The summed E-state index contributed by atoms with van der Waals surface area (Å²) in [7, 11) is 0. The van der Waals surface area contributed by atoms with Crippen molar-refractivity contribution in [2.75, 3.05) is 13.1 Å². The van der Waals surface area contributed by atoms with Crippen molar-refractivity contribution in [1.29, 1.82) is 10.5 Å². The third-order valence-corrected chi connectivity index (χ3v) is 8.53. The molecule has 2 fully saturated rings. The van der Waals surface area contributed by atoms with E-state index in [1.54, 1.807) is 4.90 Å². The van der Waals surface area contributed by atoms with Crippen LogP contribution in [0.4, 0.5) is 11.4 Å². The number of likely N-dealkylation sites (tertiary alicyclic amines) is 1. The maximum atomic E-state index is 8.81. The molecule has 1 aliphatic carbocycles. The van der Waals surface area contributed by atoms with Gasteiger partial charge in [-0.1, -0.05) is 6.92 Å². The molecule has 1 saturated carbocycles. The molecule has 1 saturated heterocycles. The zero-order valence-corrected chi connectivity index (χ0v) is 25.1. The molecule has 0 radical (unpaired) electrons. The number of benzene rings is 2. The fourth-order valence-electron chi connectivity index (χ4n) is 4.84. The normalized spacial score (nSPS) is 17.7. The van der Waals surface area contributed by atoms with E-state index in [9.17, 15) is 0 Å². The van der Waals surface area contributed by atoms with E-state index in [1.807, 2.05) is 38.2 Å². The lowest BCUT2D eigenvalue weighted by molar-refractivity contribution is 0.180. The van der Waals surface area contributed by atoms with Gasteiger partial charge < -0.3 is 14.5 Å². The van der Waals surface area contributed by atoms with Crippen LogP contribution in [-0.4, -0.2) is 27.5 Å². The SMILES string of the molecule is CC1CC(C#N)C1.[C-]#[N+]c1cc2c(Br)c[nH]c2cc1C.[C-]#[N+]c1cc2c(Br)cn(C3CN(C#N)C3)c2cc1C. The van der Waals surface area contributed by atoms with Crippen LogP contribution in [-0.2, 0) is 0 Å². The Morgan fingerprint density at radius 1 is 0.949 bits per heavy atom. The summed E-state index contributed by atoms with van der Waals surface area (Å²) in [6.07, 6.45) is 8.36. The molecule has 196 valence electrons. The number of hydrogen-bond acceptors (Lipinski definition) is 3. The van der Waals surface area contributed by atoms with Gasteiger partial charge in [-0.3, -0.25) is 0 Å². The second-order valence-electron chi connectivity index (χ2n) is 10.1. The molecular weight excluding hydrogens is 618 g/mol. The highest BCUT2D eigenvalue weighted by atomic mass is 79.9. The summed E-state index contributed by atoms with van der Waals surface area (Å²) in [5.41, 5.74) is 5.60. The molecule has 6 rings (SSSR count). The van der Waals surface area contributed by atoms with Crippen LogP contribution in [0.15, 0.2) is 45.6 Å². The molecule has 0 unspecified atom stereocenters. The predicted octanol–water partition coefficient (Wildman–Crippen LogP) is 8.95. The summed E-state index contributed by atoms with van der Waals surface area (Å²) >= 11 is 6.98. The molecule has 4 aromatic rings. The van der Waals surface area contributed by atoms with Gasteiger partial charge in [-0.25, -0.2) is 9.69 Å². The highest BCUT2D eigenvalue weighted by Gasteiger charge is 2.28. The Morgan fingerprint density at radius 2 is 1.56 bits per heavy atom. The number of nitriles is 2. The van der Waals surface area contributed by atoms with E-state index in [4.69, 9.17) is 23.7 Å². The third kappa shape index (κ3) is 5.97. The number of nitrogens with one attached hydrogen (secondary N) is 1. The number of aromatic amines is 1. The summed E-state index contributed by atoms with van der Waals surface area (Å²) in [6, 6.07) is 10.5. The summed E-state index contributed by atoms with van der Waals surface area (Å²) in [5, 5.41) is 19.2. The first-order chi connectivity index (χ1) is 18.7. The van der Waals surface area contributed by atoms with Crippen molar-refractivity contribution in [2.45, 2.75) is 39.7 Å². The fourth-order valence-corrected chi connectivity index (χ4v) is 5.82. The van der Waals surface area contributed by atoms with E-state index in [1.165, 1.54) is 0 Å². The van der Waals surface area contributed by atoms with Crippen LogP contribution in [0, 0.1) is 61.6 Å². The lowest BCUT2D eigenvalue weighted by Gasteiger charge is -2.36. The molecule has 3 heterocycles. The number of fused-ring (bicyclic) bond motifs is 2. The van der Waals surface area contributed by atoms with Crippen LogP contribution >= 0.6 is 31.9 Å². The maximum Gasteiger partial charge on any atom is 0.190 e. The number of rotatable bonds is 1. The Morgan fingerprint density at radius 3 is 2.10 bits per heavy atom. The van der Waals surface area contributed by atoms with Crippen molar-refractivity contribution < 1.29 is 0 Å². The van der Waals surface area contributed by atoms with E-state index in [2.05, 4.69) is 82.6 Å². The molecule has 9 heteroatoms. The lowest BCUT2D eigenvalue weighted by atomic mass is 9.77. The van der Waals surface area contributed by atoms with E-state index in [-0.39, 0.29) is 0 Å². The molecule has 0 atom stereocenters. The van der Waals surface area contributed by atoms with Gasteiger partial charge in [0.2, 0.25) is 0 Å². The summed E-state index contributed by atoms with van der Waals surface area (Å²) in [5.74, 6) is 1.22. The van der Waals surface area contributed by atoms with Gasteiger partial charge in [0.25, 0.3) is 0 Å². The molecule has 2 aromatic heterocycles. The van der Waals surface area contributed by atoms with Crippen molar-refractivity contribution in [3.05, 3.63) is 79.6 Å².